The van der Waals surface area contributed by atoms with Crippen LogP contribution in [0.1, 0.15) is 53.7 Å². The minimum atomic E-state index is -1.07. The van der Waals surface area contributed by atoms with Crippen molar-refractivity contribution in [2.75, 3.05) is 20.3 Å². The molecule has 9 nitrogen and oxygen atoms in total. The average molecular weight is 664 g/mol. The molecular formula is C40H41NO8. The fourth-order valence-corrected chi connectivity index (χ4v) is 5.49. The smallest absolute Gasteiger partial charge is 0.416 e. The third kappa shape index (κ3) is 8.61. The Morgan fingerprint density at radius 2 is 1.45 bits per heavy atom. The van der Waals surface area contributed by atoms with Gasteiger partial charge in [0.1, 0.15) is 40.9 Å². The van der Waals surface area contributed by atoms with Gasteiger partial charge in [0.05, 0.1) is 26.0 Å². The van der Waals surface area contributed by atoms with Gasteiger partial charge in [-0.15, -0.1) is 0 Å². The molecule has 0 unspecified atom stereocenters. The molecule has 1 heterocycles. The van der Waals surface area contributed by atoms with Crippen LogP contribution in [-0.4, -0.2) is 42.1 Å². The molecule has 0 amide bonds. The number of methoxy groups -OCH3 is 1. The molecule has 0 saturated carbocycles. The first-order valence-corrected chi connectivity index (χ1v) is 16.4. The topological polar surface area (TPSA) is 105 Å². The number of esters is 1. The Labute approximate surface area is 286 Å². The van der Waals surface area contributed by atoms with Crippen molar-refractivity contribution in [3.63, 3.8) is 0 Å². The Hall–Kier alpha value is -5.70. The molecule has 1 N–H and O–H groups in total. The average Bonchev–Trinajstić information content (AvgIpc) is 3.62. The predicted octanol–water partition coefficient (Wildman–Crippen LogP) is 9.20. The van der Waals surface area contributed by atoms with E-state index in [4.69, 9.17) is 23.7 Å². The van der Waals surface area contributed by atoms with Gasteiger partial charge in [0.25, 0.3) is 0 Å². The normalized spacial score (nSPS) is 10.8. The number of hydrogen-bond donors (Lipinski definition) is 1. The van der Waals surface area contributed by atoms with Crippen LogP contribution >= 0.6 is 0 Å². The van der Waals surface area contributed by atoms with Crippen LogP contribution in [0, 0.1) is 0 Å². The number of hydrogen-bond acceptors (Lipinski definition) is 7. The number of benzene rings is 4. The van der Waals surface area contributed by atoms with E-state index in [9.17, 15) is 14.7 Å². The molecule has 1 aromatic heterocycles. The molecule has 5 rings (SSSR count). The highest BCUT2D eigenvalue weighted by Crippen LogP contribution is 2.38. The largest absolute Gasteiger partial charge is 0.493 e. The molecule has 0 aliphatic rings. The summed E-state index contributed by atoms with van der Waals surface area (Å²) in [6.07, 6.45) is 3.33. The summed E-state index contributed by atoms with van der Waals surface area (Å²) in [5, 5.41) is 9.78. The third-order valence-electron chi connectivity index (χ3n) is 7.92. The van der Waals surface area contributed by atoms with E-state index in [1.54, 1.807) is 30.3 Å². The Morgan fingerprint density at radius 3 is 2.18 bits per heavy atom. The van der Waals surface area contributed by atoms with Crippen LogP contribution in [0.3, 0.4) is 0 Å². The van der Waals surface area contributed by atoms with Crippen molar-refractivity contribution in [3.8, 4) is 40.0 Å². The predicted molar refractivity (Wildman–Crippen MR) is 187 cm³/mol. The first kappa shape index (κ1) is 34.6. The van der Waals surface area contributed by atoms with Crippen LogP contribution in [0.5, 0.6) is 28.7 Å². The Bertz CT molecular complexity index is 1860. The van der Waals surface area contributed by atoms with Crippen molar-refractivity contribution in [2.45, 2.75) is 46.1 Å². The molecule has 0 atom stereocenters. The lowest BCUT2D eigenvalue weighted by Gasteiger charge is -2.18. The number of para-hydroxylation sites is 1. The van der Waals surface area contributed by atoms with Gasteiger partial charge in [-0.05, 0) is 66.4 Å². The van der Waals surface area contributed by atoms with Gasteiger partial charge in [-0.1, -0.05) is 68.8 Å². The molecule has 0 saturated heterocycles. The summed E-state index contributed by atoms with van der Waals surface area (Å²) in [7, 11) is 1.34. The SMILES string of the molecule is CCCc1c(OCCCOc2cc(OCc3ccccc3)c(-c3cccn3C(=O)O)cc2CC)cccc1Oc1ccccc1C(=O)OC. The Balaban J connectivity index is 1.29. The number of aryl methyl sites for hydroxylation is 1. The highest BCUT2D eigenvalue weighted by atomic mass is 16.5. The lowest BCUT2D eigenvalue weighted by atomic mass is 10.0. The number of rotatable bonds is 16. The molecule has 254 valence electrons. The van der Waals surface area contributed by atoms with Crippen molar-refractivity contribution >= 4 is 12.1 Å². The lowest BCUT2D eigenvalue weighted by Crippen LogP contribution is -2.10. The van der Waals surface area contributed by atoms with E-state index >= 15 is 0 Å². The summed E-state index contributed by atoms with van der Waals surface area (Å²) in [5.41, 5.74) is 4.39. The van der Waals surface area contributed by atoms with Gasteiger partial charge in [-0.25, -0.2) is 9.59 Å². The molecule has 0 aliphatic heterocycles. The molecule has 0 fully saturated rings. The lowest BCUT2D eigenvalue weighted by molar-refractivity contribution is 0.0598. The maximum absolute atomic E-state index is 12.3. The molecule has 0 bridgehead atoms. The first-order chi connectivity index (χ1) is 23.9. The minimum absolute atomic E-state index is 0.317. The van der Waals surface area contributed by atoms with E-state index in [0.717, 1.165) is 29.5 Å². The fourth-order valence-electron chi connectivity index (χ4n) is 5.49. The van der Waals surface area contributed by atoms with Gasteiger partial charge < -0.3 is 28.8 Å². The van der Waals surface area contributed by atoms with Gasteiger partial charge in [0, 0.05) is 29.8 Å². The Kier molecular flexibility index (Phi) is 12.0. The molecule has 0 radical (unpaired) electrons. The van der Waals surface area contributed by atoms with Crippen LogP contribution < -0.4 is 18.9 Å². The van der Waals surface area contributed by atoms with Crippen molar-refractivity contribution in [2.24, 2.45) is 0 Å². The zero-order valence-electron chi connectivity index (χ0n) is 28.0. The second kappa shape index (κ2) is 16.9. The Morgan fingerprint density at radius 1 is 0.735 bits per heavy atom. The quantitative estimate of drug-likeness (QED) is 0.0823. The van der Waals surface area contributed by atoms with Crippen LogP contribution in [0.15, 0.2) is 103 Å². The summed E-state index contributed by atoms with van der Waals surface area (Å²) >= 11 is 0. The second-order valence-electron chi connectivity index (χ2n) is 11.3. The highest BCUT2D eigenvalue weighted by molar-refractivity contribution is 5.92. The van der Waals surface area contributed by atoms with Crippen LogP contribution in [0.4, 0.5) is 4.79 Å². The monoisotopic (exact) mass is 663 g/mol. The summed E-state index contributed by atoms with van der Waals surface area (Å²) in [4.78, 5) is 24.2. The van der Waals surface area contributed by atoms with E-state index in [1.165, 1.54) is 17.9 Å². The maximum atomic E-state index is 12.3. The van der Waals surface area contributed by atoms with Crippen LogP contribution in [-0.2, 0) is 24.2 Å². The molecule has 4 aromatic carbocycles. The number of carbonyl (C=O) groups excluding carboxylic acids is 1. The van der Waals surface area contributed by atoms with Crippen LogP contribution in [0.25, 0.3) is 11.3 Å². The van der Waals surface area contributed by atoms with E-state index in [0.29, 0.717) is 78.2 Å². The minimum Gasteiger partial charge on any atom is -0.493 e. The van der Waals surface area contributed by atoms with Crippen molar-refractivity contribution in [3.05, 3.63) is 126 Å². The van der Waals surface area contributed by atoms with Crippen molar-refractivity contribution < 1.29 is 38.4 Å². The number of carbonyl (C=O) groups is 2. The third-order valence-corrected chi connectivity index (χ3v) is 7.92. The summed E-state index contributed by atoms with van der Waals surface area (Å²) in [5.74, 6) is 2.49. The zero-order chi connectivity index (χ0) is 34.6. The molecule has 0 spiro atoms. The molecule has 5 aromatic rings. The standard InChI is InChI=1S/C40H41NO8/c1-4-14-30-34(20-11-21-35(30)49-36-19-10-9-17-31(36)39(42)45-3)46-23-13-24-47-37-26-38(48-27-28-15-7-6-8-16-28)32(25-29(37)5-2)33-18-12-22-41(33)40(43)44/h6-12,15-22,25-26H,4-5,13-14,23-24,27H2,1-3H3,(H,43,44). The first-order valence-electron chi connectivity index (χ1n) is 16.4. The number of carboxylic acid groups (broad SMARTS) is 1. The van der Waals surface area contributed by atoms with Gasteiger partial charge in [0.2, 0.25) is 0 Å². The molecule has 0 aliphatic carbocycles. The summed E-state index contributed by atoms with van der Waals surface area (Å²) < 4.78 is 31.1. The van der Waals surface area contributed by atoms with Crippen molar-refractivity contribution in [1.29, 1.82) is 0 Å². The highest BCUT2D eigenvalue weighted by Gasteiger charge is 2.19. The molecular weight excluding hydrogens is 622 g/mol. The van der Waals surface area contributed by atoms with Crippen LogP contribution in [0.2, 0.25) is 0 Å². The number of aromatic nitrogens is 1. The van der Waals surface area contributed by atoms with Gasteiger partial charge in [-0.2, -0.15) is 0 Å². The van der Waals surface area contributed by atoms with E-state index < -0.39 is 12.1 Å². The molecule has 9 heteroatoms. The second-order valence-corrected chi connectivity index (χ2v) is 11.3. The van der Waals surface area contributed by atoms with Gasteiger partial charge in [0.15, 0.2) is 0 Å². The summed E-state index contributed by atoms with van der Waals surface area (Å²) in [6.45, 7) is 5.23. The van der Waals surface area contributed by atoms with Crippen molar-refractivity contribution in [1.82, 2.24) is 4.57 Å². The zero-order valence-corrected chi connectivity index (χ0v) is 28.0. The van der Waals surface area contributed by atoms with Gasteiger partial charge in [-0.3, -0.25) is 4.57 Å². The summed E-state index contributed by atoms with van der Waals surface area (Å²) in [6, 6.07) is 29.7. The maximum Gasteiger partial charge on any atom is 0.416 e. The number of nitrogens with zero attached hydrogens (tertiary/aromatic N) is 1. The van der Waals surface area contributed by atoms with Gasteiger partial charge >= 0.3 is 12.1 Å². The number of ether oxygens (including phenoxy) is 5. The molecule has 49 heavy (non-hydrogen) atoms. The van der Waals surface area contributed by atoms with E-state index in [-0.39, 0.29) is 0 Å². The fraction of sp³-hybridized carbons (Fsp3) is 0.250. The van der Waals surface area contributed by atoms with E-state index in [2.05, 4.69) is 6.92 Å². The van der Waals surface area contributed by atoms with E-state index in [1.807, 2.05) is 73.7 Å².